The summed E-state index contributed by atoms with van der Waals surface area (Å²) in [5.41, 5.74) is 2.75. The first-order valence-electron chi connectivity index (χ1n) is 9.90. The molecule has 0 bridgehead atoms. The van der Waals surface area contributed by atoms with E-state index in [1.54, 1.807) is 0 Å². The lowest BCUT2D eigenvalue weighted by atomic mass is 9.92. The number of hydrogen-bond acceptors (Lipinski definition) is 5. The van der Waals surface area contributed by atoms with Gasteiger partial charge in [-0.2, -0.15) is 0 Å². The lowest BCUT2D eigenvalue weighted by Gasteiger charge is -2.35. The van der Waals surface area contributed by atoms with Gasteiger partial charge in [-0.3, -0.25) is 4.90 Å². The standard InChI is InChI=1S/C23H26BrNO5/c1-15(2)13-30-23(27)25-10-9-17-12-19(7-8-20(17)21(25)22(26)28-3)29-14-16-5-4-6-18(24)11-16/h4-8,11-12,15,21H,9-10,13-14H2,1-3H3. The Kier molecular flexibility index (Phi) is 7.37. The third-order valence-corrected chi connectivity index (χ3v) is 5.33. The van der Waals surface area contributed by atoms with Crippen molar-refractivity contribution in [2.75, 3.05) is 20.3 Å². The first-order valence-corrected chi connectivity index (χ1v) is 10.7. The smallest absolute Gasteiger partial charge is 0.410 e. The molecule has 0 N–H and O–H groups in total. The summed E-state index contributed by atoms with van der Waals surface area (Å²) >= 11 is 3.46. The van der Waals surface area contributed by atoms with Crippen molar-refractivity contribution >= 4 is 28.0 Å². The molecular formula is C23H26BrNO5. The number of amides is 1. The molecule has 1 aliphatic heterocycles. The van der Waals surface area contributed by atoms with E-state index in [9.17, 15) is 9.59 Å². The van der Waals surface area contributed by atoms with E-state index >= 15 is 0 Å². The van der Waals surface area contributed by atoms with Crippen LogP contribution in [0.4, 0.5) is 4.79 Å². The molecule has 1 atom stereocenters. The van der Waals surface area contributed by atoms with Crippen LogP contribution >= 0.6 is 15.9 Å². The molecule has 1 unspecified atom stereocenters. The molecule has 2 aromatic carbocycles. The minimum atomic E-state index is -0.822. The van der Waals surface area contributed by atoms with Gasteiger partial charge in [-0.1, -0.05) is 48.0 Å². The average Bonchev–Trinajstić information content (AvgIpc) is 2.74. The maximum Gasteiger partial charge on any atom is 0.410 e. The number of hydrogen-bond donors (Lipinski definition) is 0. The lowest BCUT2D eigenvalue weighted by molar-refractivity contribution is -0.147. The van der Waals surface area contributed by atoms with Crippen LogP contribution in [0.25, 0.3) is 0 Å². The Balaban J connectivity index is 1.78. The van der Waals surface area contributed by atoms with Gasteiger partial charge in [0.2, 0.25) is 0 Å². The fourth-order valence-corrected chi connectivity index (χ4v) is 3.82. The molecule has 0 fully saturated rings. The molecule has 0 saturated heterocycles. The van der Waals surface area contributed by atoms with Crippen LogP contribution in [0.3, 0.4) is 0 Å². The Morgan fingerprint density at radius 2 is 2.00 bits per heavy atom. The van der Waals surface area contributed by atoms with Crippen molar-refractivity contribution in [1.29, 1.82) is 0 Å². The summed E-state index contributed by atoms with van der Waals surface area (Å²) in [6, 6.07) is 12.7. The lowest BCUT2D eigenvalue weighted by Crippen LogP contribution is -2.44. The summed E-state index contributed by atoms with van der Waals surface area (Å²) in [5, 5.41) is 0. The van der Waals surface area contributed by atoms with Crippen LogP contribution < -0.4 is 4.74 Å². The summed E-state index contributed by atoms with van der Waals surface area (Å²) in [7, 11) is 1.32. The number of ether oxygens (including phenoxy) is 3. The van der Waals surface area contributed by atoms with E-state index in [4.69, 9.17) is 14.2 Å². The molecule has 1 aliphatic rings. The first kappa shape index (κ1) is 22.2. The monoisotopic (exact) mass is 475 g/mol. The Hall–Kier alpha value is -2.54. The van der Waals surface area contributed by atoms with E-state index in [0.717, 1.165) is 21.2 Å². The number of rotatable bonds is 6. The Morgan fingerprint density at radius 1 is 1.20 bits per heavy atom. The Bertz CT molecular complexity index is 914. The zero-order chi connectivity index (χ0) is 21.7. The van der Waals surface area contributed by atoms with Gasteiger partial charge in [0.15, 0.2) is 6.04 Å². The summed E-state index contributed by atoms with van der Waals surface area (Å²) < 4.78 is 17.3. The molecule has 160 valence electrons. The molecule has 0 radical (unpaired) electrons. The van der Waals surface area contributed by atoms with Crippen molar-refractivity contribution in [1.82, 2.24) is 4.90 Å². The van der Waals surface area contributed by atoms with Crippen molar-refractivity contribution < 1.29 is 23.8 Å². The molecule has 2 aromatic rings. The number of carbonyl (C=O) groups excluding carboxylic acids is 2. The normalized spacial score (nSPS) is 15.5. The van der Waals surface area contributed by atoms with E-state index < -0.39 is 18.1 Å². The Labute approximate surface area is 185 Å². The van der Waals surface area contributed by atoms with Crippen LogP contribution in [0.2, 0.25) is 0 Å². The molecule has 7 heteroatoms. The summed E-state index contributed by atoms with van der Waals surface area (Å²) in [6.07, 6.45) is 0.105. The molecule has 3 rings (SSSR count). The van der Waals surface area contributed by atoms with Gasteiger partial charge < -0.3 is 14.2 Å². The van der Waals surface area contributed by atoms with Crippen LogP contribution in [-0.2, 0) is 27.3 Å². The van der Waals surface area contributed by atoms with Crippen LogP contribution in [0.1, 0.15) is 36.6 Å². The molecule has 30 heavy (non-hydrogen) atoms. The SMILES string of the molecule is COC(=O)C1c2ccc(OCc3cccc(Br)c3)cc2CCN1C(=O)OCC(C)C. The highest BCUT2D eigenvalue weighted by molar-refractivity contribution is 9.10. The minimum Gasteiger partial charge on any atom is -0.489 e. The van der Waals surface area contributed by atoms with Gasteiger partial charge in [0.1, 0.15) is 12.4 Å². The van der Waals surface area contributed by atoms with Gasteiger partial charge in [-0.15, -0.1) is 0 Å². The molecule has 0 aromatic heterocycles. The second-order valence-corrected chi connectivity index (χ2v) is 8.53. The zero-order valence-electron chi connectivity index (χ0n) is 17.4. The highest BCUT2D eigenvalue weighted by Crippen LogP contribution is 2.34. The highest BCUT2D eigenvalue weighted by Gasteiger charge is 2.37. The quantitative estimate of drug-likeness (QED) is 0.556. The minimum absolute atomic E-state index is 0.215. The number of methoxy groups -OCH3 is 1. The average molecular weight is 476 g/mol. The van der Waals surface area contributed by atoms with Crippen LogP contribution in [0.15, 0.2) is 46.9 Å². The van der Waals surface area contributed by atoms with E-state index in [-0.39, 0.29) is 5.92 Å². The van der Waals surface area contributed by atoms with Gasteiger partial charge in [-0.05, 0) is 53.3 Å². The zero-order valence-corrected chi connectivity index (χ0v) is 19.0. The number of carbonyl (C=O) groups is 2. The van der Waals surface area contributed by atoms with E-state index in [1.807, 2.05) is 56.3 Å². The van der Waals surface area contributed by atoms with Crippen molar-refractivity contribution in [2.24, 2.45) is 5.92 Å². The van der Waals surface area contributed by atoms with E-state index in [1.165, 1.54) is 12.0 Å². The molecule has 0 spiro atoms. The molecule has 0 saturated carbocycles. The topological polar surface area (TPSA) is 65.1 Å². The number of nitrogens with zero attached hydrogens (tertiary/aromatic N) is 1. The van der Waals surface area contributed by atoms with Crippen molar-refractivity contribution in [3.8, 4) is 5.75 Å². The van der Waals surface area contributed by atoms with Crippen LogP contribution in [0, 0.1) is 5.92 Å². The maximum atomic E-state index is 12.6. The first-order chi connectivity index (χ1) is 14.4. The number of fused-ring (bicyclic) bond motifs is 1. The fraction of sp³-hybridized carbons (Fsp3) is 0.391. The Morgan fingerprint density at radius 3 is 2.70 bits per heavy atom. The third kappa shape index (κ3) is 5.33. The predicted molar refractivity (Wildman–Crippen MR) is 116 cm³/mol. The van der Waals surface area contributed by atoms with Crippen molar-refractivity contribution in [3.05, 3.63) is 63.6 Å². The van der Waals surface area contributed by atoms with Gasteiger partial charge in [0.25, 0.3) is 0 Å². The third-order valence-electron chi connectivity index (χ3n) is 4.84. The fourth-order valence-electron chi connectivity index (χ4n) is 3.37. The maximum absolute atomic E-state index is 12.6. The number of halogens is 1. The molecule has 0 aliphatic carbocycles. The largest absolute Gasteiger partial charge is 0.489 e. The highest BCUT2D eigenvalue weighted by atomic mass is 79.9. The van der Waals surface area contributed by atoms with Gasteiger partial charge in [0, 0.05) is 11.0 Å². The van der Waals surface area contributed by atoms with E-state index in [0.29, 0.717) is 31.9 Å². The van der Waals surface area contributed by atoms with Gasteiger partial charge in [0.05, 0.1) is 13.7 Å². The van der Waals surface area contributed by atoms with Gasteiger partial charge in [-0.25, -0.2) is 9.59 Å². The predicted octanol–water partition coefficient (Wildman–Crippen LogP) is 4.89. The van der Waals surface area contributed by atoms with Crippen molar-refractivity contribution in [2.45, 2.75) is 32.9 Å². The number of esters is 1. The van der Waals surface area contributed by atoms with E-state index in [2.05, 4.69) is 15.9 Å². The van der Waals surface area contributed by atoms with Crippen LogP contribution in [0.5, 0.6) is 5.75 Å². The second-order valence-electron chi connectivity index (χ2n) is 7.62. The molecule has 1 heterocycles. The van der Waals surface area contributed by atoms with Gasteiger partial charge >= 0.3 is 12.1 Å². The molecule has 6 nitrogen and oxygen atoms in total. The molecular weight excluding hydrogens is 450 g/mol. The summed E-state index contributed by atoms with van der Waals surface area (Å²) in [6.45, 7) is 5.04. The summed E-state index contributed by atoms with van der Waals surface area (Å²) in [4.78, 5) is 26.5. The second kappa shape index (κ2) is 9.98. The summed E-state index contributed by atoms with van der Waals surface area (Å²) in [5.74, 6) is 0.445. The van der Waals surface area contributed by atoms with Crippen molar-refractivity contribution in [3.63, 3.8) is 0 Å². The molecule has 1 amide bonds. The van der Waals surface area contributed by atoms with Crippen LogP contribution in [-0.4, -0.2) is 37.2 Å². The number of benzene rings is 2.